The first-order valence-corrected chi connectivity index (χ1v) is 9.97. The molecule has 2 aliphatic heterocycles. The maximum atomic E-state index is 6.65. The molecule has 0 saturated carbocycles. The average Bonchev–Trinajstić information content (AvgIpc) is 2.78. The summed E-state index contributed by atoms with van der Waals surface area (Å²) in [5.41, 5.74) is 5.32. The van der Waals surface area contributed by atoms with E-state index in [-0.39, 0.29) is 12.3 Å². The summed E-state index contributed by atoms with van der Waals surface area (Å²) in [6.07, 6.45) is 1.02. The zero-order valence-electron chi connectivity index (χ0n) is 15.6. The Morgan fingerprint density at radius 1 is 0.750 bits per heavy atom. The Morgan fingerprint density at radius 2 is 1.54 bits per heavy atom. The molecule has 4 aromatic carbocycles. The van der Waals surface area contributed by atoms with Crippen LogP contribution in [0.25, 0.3) is 10.8 Å². The number of hydrogen-bond donors (Lipinski definition) is 0. The predicted molar refractivity (Wildman–Crippen MR) is 112 cm³/mol. The lowest BCUT2D eigenvalue weighted by Gasteiger charge is -2.46. The van der Waals surface area contributed by atoms with E-state index in [9.17, 15) is 0 Å². The largest absolute Gasteiger partial charge is 0.470 e. The first-order chi connectivity index (χ1) is 13.9. The Bertz CT molecular complexity index is 1170. The van der Waals surface area contributed by atoms with Gasteiger partial charge in [0.1, 0.15) is 5.75 Å². The molecule has 0 aromatic heterocycles. The molecule has 0 aliphatic carbocycles. The maximum Gasteiger partial charge on any atom is 0.180 e. The van der Waals surface area contributed by atoms with Crippen molar-refractivity contribution in [1.82, 2.24) is 4.90 Å². The molecule has 4 aromatic rings. The molecule has 0 radical (unpaired) electrons. The highest BCUT2D eigenvalue weighted by Gasteiger charge is 2.41. The van der Waals surface area contributed by atoms with E-state index in [4.69, 9.17) is 4.74 Å². The number of ether oxygens (including phenoxy) is 1. The molecule has 0 N–H and O–H groups in total. The highest BCUT2D eigenvalue weighted by molar-refractivity contribution is 5.89. The maximum absolute atomic E-state index is 6.65. The summed E-state index contributed by atoms with van der Waals surface area (Å²) in [6.45, 7) is 0.990. The van der Waals surface area contributed by atoms with Crippen LogP contribution >= 0.6 is 0 Å². The highest BCUT2D eigenvalue weighted by Crippen LogP contribution is 2.49. The second-order valence-electron chi connectivity index (χ2n) is 7.67. The van der Waals surface area contributed by atoms with Gasteiger partial charge < -0.3 is 4.74 Å². The molecular weight excluding hydrogens is 342 g/mol. The van der Waals surface area contributed by atoms with E-state index < -0.39 is 0 Å². The molecule has 0 amide bonds. The molecule has 28 heavy (non-hydrogen) atoms. The van der Waals surface area contributed by atoms with Crippen LogP contribution in [0.3, 0.4) is 0 Å². The molecule has 2 heterocycles. The lowest BCUT2D eigenvalue weighted by Crippen LogP contribution is -2.44. The number of fused-ring (bicyclic) bond motifs is 6. The first kappa shape index (κ1) is 15.9. The molecule has 0 fully saturated rings. The molecule has 0 bridgehead atoms. The molecule has 2 heteroatoms. The topological polar surface area (TPSA) is 12.5 Å². The summed E-state index contributed by atoms with van der Waals surface area (Å²) in [5, 5.41) is 2.55. The SMILES string of the molecule is c1ccc(C2c3c(ccc4ccccc34)OC3c4ccccc4CCN32)cc1. The Labute approximate surface area is 165 Å². The van der Waals surface area contributed by atoms with Gasteiger partial charge in [-0.2, -0.15) is 0 Å². The second kappa shape index (κ2) is 6.22. The van der Waals surface area contributed by atoms with Crippen molar-refractivity contribution in [2.75, 3.05) is 6.54 Å². The van der Waals surface area contributed by atoms with Crippen LogP contribution in [-0.2, 0) is 6.42 Å². The molecular formula is C26H21NO. The molecule has 0 saturated heterocycles. The standard InChI is InChI=1S/C26H21NO/c1-2-10-20(11-3-1)25-24-21-12-6-4-8-18(21)14-15-23(24)28-26-22-13-7-5-9-19(22)16-17-27(25)26/h1-15,25-26H,16-17H2. The third kappa shape index (κ3) is 2.31. The van der Waals surface area contributed by atoms with E-state index in [0.717, 1.165) is 18.7 Å². The van der Waals surface area contributed by atoms with Crippen molar-refractivity contribution in [3.63, 3.8) is 0 Å². The van der Waals surface area contributed by atoms with Gasteiger partial charge in [-0.15, -0.1) is 0 Å². The van der Waals surface area contributed by atoms with E-state index >= 15 is 0 Å². The van der Waals surface area contributed by atoms with Crippen LogP contribution in [0.5, 0.6) is 5.75 Å². The van der Waals surface area contributed by atoms with E-state index in [2.05, 4.69) is 95.9 Å². The quantitative estimate of drug-likeness (QED) is 0.419. The van der Waals surface area contributed by atoms with Crippen molar-refractivity contribution in [3.05, 3.63) is 113 Å². The van der Waals surface area contributed by atoms with E-state index in [1.54, 1.807) is 0 Å². The Kier molecular flexibility index (Phi) is 3.53. The summed E-state index contributed by atoms with van der Waals surface area (Å²) in [5.74, 6) is 1.01. The number of benzene rings is 4. The number of nitrogens with zero attached hydrogens (tertiary/aromatic N) is 1. The van der Waals surface area contributed by atoms with Gasteiger partial charge in [-0.3, -0.25) is 4.90 Å². The van der Waals surface area contributed by atoms with Crippen molar-refractivity contribution in [3.8, 4) is 5.75 Å². The van der Waals surface area contributed by atoms with Crippen LogP contribution in [0.4, 0.5) is 0 Å². The van der Waals surface area contributed by atoms with E-state index in [0.29, 0.717) is 0 Å². The summed E-state index contributed by atoms with van der Waals surface area (Å²) in [6, 6.07) is 32.8. The van der Waals surface area contributed by atoms with Gasteiger partial charge in [-0.25, -0.2) is 0 Å². The second-order valence-corrected chi connectivity index (χ2v) is 7.67. The van der Waals surface area contributed by atoms with Crippen molar-refractivity contribution in [2.45, 2.75) is 18.7 Å². The zero-order valence-corrected chi connectivity index (χ0v) is 15.6. The van der Waals surface area contributed by atoms with Crippen LogP contribution in [-0.4, -0.2) is 11.4 Å². The van der Waals surface area contributed by atoms with Gasteiger partial charge in [0.05, 0.1) is 6.04 Å². The van der Waals surface area contributed by atoms with Crippen molar-refractivity contribution in [1.29, 1.82) is 0 Å². The molecule has 136 valence electrons. The lowest BCUT2D eigenvalue weighted by molar-refractivity contribution is -0.0260. The minimum absolute atomic E-state index is 0.0381. The van der Waals surface area contributed by atoms with E-state index in [1.807, 2.05) is 0 Å². The van der Waals surface area contributed by atoms with Gasteiger partial charge in [-0.05, 0) is 34.4 Å². The van der Waals surface area contributed by atoms with Gasteiger partial charge in [0.15, 0.2) is 6.23 Å². The number of hydrogen-bond acceptors (Lipinski definition) is 2. The van der Waals surface area contributed by atoms with Crippen molar-refractivity contribution >= 4 is 10.8 Å². The van der Waals surface area contributed by atoms with E-state index in [1.165, 1.54) is 33.0 Å². The third-order valence-electron chi connectivity index (χ3n) is 6.15. The summed E-state index contributed by atoms with van der Waals surface area (Å²) in [7, 11) is 0. The van der Waals surface area contributed by atoms with Crippen LogP contribution in [0.1, 0.15) is 34.5 Å². The van der Waals surface area contributed by atoms with Gasteiger partial charge in [0.2, 0.25) is 0 Å². The summed E-state index contributed by atoms with van der Waals surface area (Å²) in [4.78, 5) is 2.53. The average molecular weight is 363 g/mol. The van der Waals surface area contributed by atoms with Gasteiger partial charge in [0.25, 0.3) is 0 Å². The van der Waals surface area contributed by atoms with Crippen LogP contribution in [0.15, 0.2) is 91.0 Å². The Hall–Kier alpha value is -3.10. The van der Waals surface area contributed by atoms with Crippen LogP contribution in [0.2, 0.25) is 0 Å². The predicted octanol–water partition coefficient (Wildman–Crippen LogP) is 5.88. The number of rotatable bonds is 1. The third-order valence-corrected chi connectivity index (χ3v) is 6.15. The molecule has 2 unspecified atom stereocenters. The van der Waals surface area contributed by atoms with Gasteiger partial charge in [-0.1, -0.05) is 84.9 Å². The summed E-state index contributed by atoms with van der Waals surface area (Å²) >= 11 is 0. The molecule has 0 spiro atoms. The minimum atomic E-state index is -0.0381. The smallest absolute Gasteiger partial charge is 0.180 e. The molecule has 2 aliphatic rings. The van der Waals surface area contributed by atoms with Gasteiger partial charge in [0, 0.05) is 17.7 Å². The van der Waals surface area contributed by atoms with Crippen molar-refractivity contribution < 1.29 is 4.74 Å². The van der Waals surface area contributed by atoms with Crippen LogP contribution < -0.4 is 4.74 Å². The highest BCUT2D eigenvalue weighted by atomic mass is 16.5. The lowest BCUT2D eigenvalue weighted by atomic mass is 9.87. The fraction of sp³-hybridized carbons (Fsp3) is 0.154. The Morgan fingerprint density at radius 3 is 2.46 bits per heavy atom. The monoisotopic (exact) mass is 363 g/mol. The minimum Gasteiger partial charge on any atom is -0.470 e. The first-order valence-electron chi connectivity index (χ1n) is 9.97. The fourth-order valence-electron chi connectivity index (χ4n) is 4.88. The normalized spacial score (nSPS) is 20.7. The zero-order chi connectivity index (χ0) is 18.5. The van der Waals surface area contributed by atoms with Crippen molar-refractivity contribution in [2.24, 2.45) is 0 Å². The fourth-order valence-corrected chi connectivity index (χ4v) is 4.88. The molecule has 2 atom stereocenters. The Balaban J connectivity index is 1.62. The van der Waals surface area contributed by atoms with Gasteiger partial charge >= 0.3 is 0 Å². The summed E-state index contributed by atoms with van der Waals surface area (Å²) < 4.78 is 6.65. The molecule has 6 rings (SSSR count). The molecule has 2 nitrogen and oxygen atoms in total. The van der Waals surface area contributed by atoms with Crippen LogP contribution in [0, 0.1) is 0 Å².